The first kappa shape index (κ1) is 13.4. The Hall–Kier alpha value is -0.660. The molecule has 1 aliphatic rings. The highest BCUT2D eigenvalue weighted by atomic mass is 32.2. The highest BCUT2D eigenvalue weighted by Crippen LogP contribution is 2.22. The molecule has 1 aliphatic heterocycles. The molecule has 1 rings (SSSR count). The van der Waals surface area contributed by atoms with Crippen molar-refractivity contribution in [2.45, 2.75) is 25.8 Å². The summed E-state index contributed by atoms with van der Waals surface area (Å²) in [6, 6.07) is -0.210. The van der Waals surface area contributed by atoms with E-state index in [1.165, 1.54) is 0 Å². The Morgan fingerprint density at radius 2 is 2.25 bits per heavy atom. The summed E-state index contributed by atoms with van der Waals surface area (Å²) in [4.78, 5) is 13.2. The van der Waals surface area contributed by atoms with Crippen molar-refractivity contribution in [1.82, 2.24) is 4.90 Å². The minimum Gasteiger partial charge on any atom is -0.394 e. The molecule has 0 aromatic heterocycles. The van der Waals surface area contributed by atoms with Gasteiger partial charge in [0.05, 0.1) is 18.4 Å². The van der Waals surface area contributed by atoms with Crippen LogP contribution in [0.4, 0.5) is 0 Å². The Morgan fingerprint density at radius 3 is 2.69 bits per heavy atom. The van der Waals surface area contributed by atoms with E-state index in [4.69, 9.17) is 10.2 Å². The molecule has 2 atom stereocenters. The lowest BCUT2D eigenvalue weighted by atomic mass is 10.1. The minimum absolute atomic E-state index is 0.0929. The lowest BCUT2D eigenvalue weighted by Crippen LogP contribution is -2.39. The van der Waals surface area contributed by atoms with Gasteiger partial charge in [-0.1, -0.05) is 6.92 Å². The standard InChI is InChI=1S/C9H18N2O4S/c1-2-8(5-12)11-4-7(3-9(11)13)6-16(10,14)15/h7-8,12H,2-6H2,1H3,(H2,10,14,15). The maximum absolute atomic E-state index is 11.6. The van der Waals surface area contributed by atoms with Crippen LogP contribution in [0.1, 0.15) is 19.8 Å². The van der Waals surface area contributed by atoms with Gasteiger partial charge in [-0.25, -0.2) is 13.6 Å². The second-order valence-corrected chi connectivity index (χ2v) is 5.85. The minimum atomic E-state index is -3.53. The number of likely N-dealkylation sites (tertiary alicyclic amines) is 1. The van der Waals surface area contributed by atoms with Gasteiger partial charge in [0.2, 0.25) is 15.9 Å². The first-order valence-corrected chi connectivity index (χ1v) is 6.99. The molecule has 94 valence electrons. The largest absolute Gasteiger partial charge is 0.394 e. The van der Waals surface area contributed by atoms with E-state index in [-0.39, 0.29) is 36.6 Å². The van der Waals surface area contributed by atoms with Crippen LogP contribution in [0.5, 0.6) is 0 Å². The zero-order valence-corrected chi connectivity index (χ0v) is 10.1. The molecule has 16 heavy (non-hydrogen) atoms. The fraction of sp³-hybridized carbons (Fsp3) is 0.889. The lowest BCUT2D eigenvalue weighted by Gasteiger charge is -2.25. The van der Waals surface area contributed by atoms with Crippen molar-refractivity contribution < 1.29 is 18.3 Å². The molecular formula is C9H18N2O4S. The van der Waals surface area contributed by atoms with Gasteiger partial charge in [0.15, 0.2) is 0 Å². The summed E-state index contributed by atoms with van der Waals surface area (Å²) < 4.78 is 21.8. The highest BCUT2D eigenvalue weighted by Gasteiger charge is 2.34. The van der Waals surface area contributed by atoms with Crippen LogP contribution in [-0.2, 0) is 14.8 Å². The topological polar surface area (TPSA) is 101 Å². The molecule has 7 heteroatoms. The van der Waals surface area contributed by atoms with Crippen LogP contribution in [0, 0.1) is 5.92 Å². The molecule has 2 unspecified atom stereocenters. The molecule has 0 aliphatic carbocycles. The Balaban J connectivity index is 2.63. The number of hydrogen-bond acceptors (Lipinski definition) is 4. The summed E-state index contributed by atoms with van der Waals surface area (Å²) in [5.41, 5.74) is 0. The van der Waals surface area contributed by atoms with Crippen molar-refractivity contribution in [2.75, 3.05) is 18.9 Å². The van der Waals surface area contributed by atoms with E-state index in [9.17, 15) is 13.2 Å². The van der Waals surface area contributed by atoms with Gasteiger partial charge in [0.1, 0.15) is 0 Å². The molecule has 1 heterocycles. The van der Waals surface area contributed by atoms with Gasteiger partial charge in [-0.3, -0.25) is 4.79 Å². The monoisotopic (exact) mass is 250 g/mol. The van der Waals surface area contributed by atoms with Gasteiger partial charge < -0.3 is 10.0 Å². The molecule has 1 fully saturated rings. The number of aliphatic hydroxyl groups excluding tert-OH is 1. The predicted octanol–water partition coefficient (Wildman–Crippen LogP) is -1.11. The van der Waals surface area contributed by atoms with Crippen LogP contribution in [0.3, 0.4) is 0 Å². The molecule has 3 N–H and O–H groups in total. The van der Waals surface area contributed by atoms with Gasteiger partial charge in [-0.05, 0) is 6.42 Å². The van der Waals surface area contributed by atoms with Gasteiger partial charge in [0, 0.05) is 18.9 Å². The van der Waals surface area contributed by atoms with E-state index in [1.807, 2.05) is 6.92 Å². The Labute approximate surface area is 95.5 Å². The Bertz CT molecular complexity index is 351. The first-order chi connectivity index (χ1) is 7.37. The Morgan fingerprint density at radius 1 is 1.62 bits per heavy atom. The molecule has 0 spiro atoms. The zero-order valence-electron chi connectivity index (χ0n) is 9.30. The van der Waals surface area contributed by atoms with E-state index in [1.54, 1.807) is 4.90 Å². The summed E-state index contributed by atoms with van der Waals surface area (Å²) in [5.74, 6) is -0.519. The van der Waals surface area contributed by atoms with Crippen LogP contribution in [0.15, 0.2) is 0 Å². The average Bonchev–Trinajstić information content (AvgIpc) is 2.46. The third-order valence-corrected chi connectivity index (χ3v) is 3.77. The second kappa shape index (κ2) is 5.11. The molecule has 0 aromatic rings. The number of hydrogen-bond donors (Lipinski definition) is 2. The number of primary sulfonamides is 1. The number of aliphatic hydroxyl groups is 1. The van der Waals surface area contributed by atoms with Crippen LogP contribution in [0.2, 0.25) is 0 Å². The van der Waals surface area contributed by atoms with Crippen molar-refractivity contribution >= 4 is 15.9 Å². The highest BCUT2D eigenvalue weighted by molar-refractivity contribution is 7.89. The second-order valence-electron chi connectivity index (χ2n) is 4.19. The molecule has 1 saturated heterocycles. The number of sulfonamides is 1. The third kappa shape index (κ3) is 3.43. The first-order valence-electron chi connectivity index (χ1n) is 5.28. The van der Waals surface area contributed by atoms with Crippen molar-refractivity contribution in [2.24, 2.45) is 11.1 Å². The Kier molecular flexibility index (Phi) is 4.28. The molecule has 6 nitrogen and oxygen atoms in total. The SMILES string of the molecule is CCC(CO)N1CC(CS(N)(=O)=O)CC1=O. The molecule has 0 aromatic carbocycles. The van der Waals surface area contributed by atoms with Crippen LogP contribution in [-0.4, -0.2) is 49.3 Å². The zero-order chi connectivity index (χ0) is 12.3. The van der Waals surface area contributed by atoms with E-state index in [0.717, 1.165) is 0 Å². The maximum Gasteiger partial charge on any atom is 0.223 e. The van der Waals surface area contributed by atoms with Crippen LogP contribution in [0.25, 0.3) is 0 Å². The summed E-state index contributed by atoms with van der Waals surface area (Å²) in [5, 5.41) is 14.0. The van der Waals surface area contributed by atoms with Gasteiger partial charge in [-0.2, -0.15) is 0 Å². The quantitative estimate of drug-likeness (QED) is 0.646. The van der Waals surface area contributed by atoms with E-state index in [2.05, 4.69) is 0 Å². The predicted molar refractivity (Wildman–Crippen MR) is 59.0 cm³/mol. The molecule has 1 amide bonds. The summed E-state index contributed by atoms with van der Waals surface area (Å²) in [6.45, 7) is 2.15. The van der Waals surface area contributed by atoms with E-state index in [0.29, 0.717) is 13.0 Å². The van der Waals surface area contributed by atoms with Gasteiger partial charge in [-0.15, -0.1) is 0 Å². The average molecular weight is 250 g/mol. The molecule has 0 saturated carbocycles. The number of carbonyl (C=O) groups excluding carboxylic acids is 1. The maximum atomic E-state index is 11.6. The van der Waals surface area contributed by atoms with E-state index < -0.39 is 10.0 Å². The lowest BCUT2D eigenvalue weighted by molar-refractivity contribution is -0.130. The fourth-order valence-corrected chi connectivity index (χ4v) is 2.93. The normalized spacial score (nSPS) is 23.8. The number of carbonyl (C=O) groups is 1. The molecule has 0 bridgehead atoms. The third-order valence-electron chi connectivity index (χ3n) is 2.83. The van der Waals surface area contributed by atoms with Crippen molar-refractivity contribution in [3.05, 3.63) is 0 Å². The number of nitrogens with two attached hydrogens (primary N) is 1. The number of rotatable bonds is 5. The fourth-order valence-electron chi connectivity index (χ4n) is 2.05. The van der Waals surface area contributed by atoms with Crippen LogP contribution < -0.4 is 5.14 Å². The van der Waals surface area contributed by atoms with Gasteiger partial charge >= 0.3 is 0 Å². The number of nitrogens with zero attached hydrogens (tertiary/aromatic N) is 1. The van der Waals surface area contributed by atoms with Crippen molar-refractivity contribution in [1.29, 1.82) is 0 Å². The molecular weight excluding hydrogens is 232 g/mol. The summed E-state index contributed by atoms with van der Waals surface area (Å²) in [6.07, 6.45) is 0.858. The van der Waals surface area contributed by atoms with Crippen molar-refractivity contribution in [3.8, 4) is 0 Å². The van der Waals surface area contributed by atoms with Crippen LogP contribution >= 0.6 is 0 Å². The smallest absolute Gasteiger partial charge is 0.223 e. The molecule has 0 radical (unpaired) electrons. The summed E-state index contributed by atoms with van der Waals surface area (Å²) in [7, 11) is -3.53. The summed E-state index contributed by atoms with van der Waals surface area (Å²) >= 11 is 0. The van der Waals surface area contributed by atoms with E-state index >= 15 is 0 Å². The van der Waals surface area contributed by atoms with Crippen molar-refractivity contribution in [3.63, 3.8) is 0 Å². The number of amides is 1. The van der Waals surface area contributed by atoms with Gasteiger partial charge in [0.25, 0.3) is 0 Å².